The number of fused-ring (bicyclic) bond motifs is 1. The second-order valence-corrected chi connectivity index (χ2v) is 6.10. The molecule has 128 valence electrons. The first-order valence-corrected chi connectivity index (χ1v) is 8.25. The molecule has 0 bridgehead atoms. The van der Waals surface area contributed by atoms with Gasteiger partial charge in [-0.2, -0.15) is 0 Å². The molecule has 0 spiro atoms. The molecular formula is C19H19FN4O. The molecule has 0 radical (unpaired) electrons. The number of benzene rings is 1. The van der Waals surface area contributed by atoms with Crippen molar-refractivity contribution in [3.05, 3.63) is 66.0 Å². The summed E-state index contributed by atoms with van der Waals surface area (Å²) in [5, 5.41) is 0. The molecule has 0 atom stereocenters. The van der Waals surface area contributed by atoms with Crippen LogP contribution in [0.4, 0.5) is 4.39 Å². The number of hydrogen-bond acceptors (Lipinski definition) is 4. The third-order valence-corrected chi connectivity index (χ3v) is 4.50. The molecule has 6 heteroatoms. The molecule has 0 amide bonds. The Hall–Kier alpha value is -2.73. The summed E-state index contributed by atoms with van der Waals surface area (Å²) >= 11 is 0. The lowest BCUT2D eigenvalue weighted by Crippen LogP contribution is -2.33. The average molecular weight is 338 g/mol. The number of ether oxygens (including phenoxy) is 1. The summed E-state index contributed by atoms with van der Waals surface area (Å²) in [5.41, 5.74) is 2.89. The lowest BCUT2D eigenvalue weighted by atomic mass is 10.1. The standard InChI is InChI=1S/C19H19FN4O/c1-25-19-15(5-3-7-21-19)12-23-8-9-24-17(11-22-18(24)13-23)14-4-2-6-16(20)10-14/h2-7,10-11H,8-9,12-13H2,1H3. The first kappa shape index (κ1) is 15.8. The monoisotopic (exact) mass is 338 g/mol. The van der Waals surface area contributed by atoms with E-state index in [9.17, 15) is 4.39 Å². The Kier molecular flexibility index (Phi) is 4.19. The molecular weight excluding hydrogens is 319 g/mol. The van der Waals surface area contributed by atoms with E-state index in [1.54, 1.807) is 25.4 Å². The zero-order valence-electron chi connectivity index (χ0n) is 14.0. The third kappa shape index (κ3) is 3.13. The molecule has 1 aromatic carbocycles. The minimum Gasteiger partial charge on any atom is -0.481 e. The van der Waals surface area contributed by atoms with Crippen LogP contribution in [0.1, 0.15) is 11.4 Å². The van der Waals surface area contributed by atoms with Crippen molar-refractivity contribution in [2.45, 2.75) is 19.6 Å². The number of imidazole rings is 1. The summed E-state index contributed by atoms with van der Waals surface area (Å²) in [6, 6.07) is 10.6. The van der Waals surface area contributed by atoms with Crippen molar-refractivity contribution in [3.8, 4) is 17.1 Å². The van der Waals surface area contributed by atoms with Gasteiger partial charge in [0.25, 0.3) is 0 Å². The van der Waals surface area contributed by atoms with Gasteiger partial charge in [-0.05, 0) is 18.2 Å². The van der Waals surface area contributed by atoms with Gasteiger partial charge in [-0.15, -0.1) is 0 Å². The van der Waals surface area contributed by atoms with E-state index in [1.165, 1.54) is 6.07 Å². The van der Waals surface area contributed by atoms with Gasteiger partial charge < -0.3 is 9.30 Å². The van der Waals surface area contributed by atoms with Crippen molar-refractivity contribution in [3.63, 3.8) is 0 Å². The highest BCUT2D eigenvalue weighted by molar-refractivity contribution is 5.59. The van der Waals surface area contributed by atoms with Gasteiger partial charge in [0, 0.05) is 37.0 Å². The van der Waals surface area contributed by atoms with Crippen molar-refractivity contribution in [1.29, 1.82) is 0 Å². The van der Waals surface area contributed by atoms with Gasteiger partial charge in [-0.3, -0.25) is 4.90 Å². The number of nitrogens with zero attached hydrogens (tertiary/aromatic N) is 4. The number of rotatable bonds is 4. The van der Waals surface area contributed by atoms with E-state index in [2.05, 4.69) is 19.4 Å². The number of methoxy groups -OCH3 is 1. The van der Waals surface area contributed by atoms with Crippen LogP contribution in [0.2, 0.25) is 0 Å². The maximum Gasteiger partial charge on any atom is 0.217 e. The zero-order chi connectivity index (χ0) is 17.2. The summed E-state index contributed by atoms with van der Waals surface area (Å²) in [5.74, 6) is 1.43. The van der Waals surface area contributed by atoms with Gasteiger partial charge in [-0.1, -0.05) is 18.2 Å². The molecule has 25 heavy (non-hydrogen) atoms. The van der Waals surface area contributed by atoms with Crippen molar-refractivity contribution in [2.75, 3.05) is 13.7 Å². The predicted molar refractivity (Wildman–Crippen MR) is 92.5 cm³/mol. The van der Waals surface area contributed by atoms with E-state index in [1.807, 2.05) is 24.4 Å². The van der Waals surface area contributed by atoms with Crippen molar-refractivity contribution in [2.24, 2.45) is 0 Å². The Morgan fingerprint density at radius 2 is 2.08 bits per heavy atom. The summed E-state index contributed by atoms with van der Waals surface area (Å²) < 4.78 is 21.0. The zero-order valence-corrected chi connectivity index (χ0v) is 14.0. The van der Waals surface area contributed by atoms with Crippen LogP contribution in [-0.4, -0.2) is 33.1 Å². The molecule has 0 fully saturated rings. The molecule has 0 unspecified atom stereocenters. The molecule has 0 aliphatic carbocycles. The molecule has 1 aliphatic rings. The van der Waals surface area contributed by atoms with Gasteiger partial charge in [0.05, 0.1) is 25.5 Å². The third-order valence-electron chi connectivity index (χ3n) is 4.50. The molecule has 3 aromatic rings. The van der Waals surface area contributed by atoms with Crippen LogP contribution in [0.5, 0.6) is 5.88 Å². The van der Waals surface area contributed by atoms with Gasteiger partial charge in [-0.25, -0.2) is 14.4 Å². The molecule has 0 saturated carbocycles. The summed E-state index contributed by atoms with van der Waals surface area (Å²) in [6.07, 6.45) is 3.56. The smallest absolute Gasteiger partial charge is 0.217 e. The van der Waals surface area contributed by atoms with Crippen molar-refractivity contribution >= 4 is 0 Å². The van der Waals surface area contributed by atoms with Crippen LogP contribution in [0.25, 0.3) is 11.3 Å². The number of pyridine rings is 1. The van der Waals surface area contributed by atoms with E-state index in [-0.39, 0.29) is 5.82 Å². The first-order chi connectivity index (χ1) is 12.2. The predicted octanol–water partition coefficient (Wildman–Crippen LogP) is 3.11. The molecule has 1 aliphatic heterocycles. The minimum atomic E-state index is -0.228. The van der Waals surface area contributed by atoms with Crippen molar-refractivity contribution < 1.29 is 9.13 Å². The van der Waals surface area contributed by atoms with Gasteiger partial charge in [0.2, 0.25) is 5.88 Å². The van der Waals surface area contributed by atoms with E-state index in [0.29, 0.717) is 5.88 Å². The SMILES string of the molecule is COc1ncccc1CN1CCn2c(-c3cccc(F)c3)cnc2C1. The lowest BCUT2D eigenvalue weighted by molar-refractivity contribution is 0.206. The summed E-state index contributed by atoms with van der Waals surface area (Å²) in [7, 11) is 1.64. The molecule has 4 rings (SSSR count). The normalized spacial score (nSPS) is 14.3. The Morgan fingerprint density at radius 1 is 1.16 bits per heavy atom. The molecule has 5 nitrogen and oxygen atoms in total. The topological polar surface area (TPSA) is 43.2 Å². The number of halogens is 1. The highest BCUT2D eigenvalue weighted by Crippen LogP contribution is 2.26. The van der Waals surface area contributed by atoms with Crippen LogP contribution >= 0.6 is 0 Å². The fourth-order valence-corrected chi connectivity index (χ4v) is 3.29. The fourth-order valence-electron chi connectivity index (χ4n) is 3.29. The van der Waals surface area contributed by atoms with E-state index in [4.69, 9.17) is 4.74 Å². The lowest BCUT2D eigenvalue weighted by Gasteiger charge is -2.28. The maximum absolute atomic E-state index is 13.5. The number of aromatic nitrogens is 3. The molecule has 0 N–H and O–H groups in total. The van der Waals surface area contributed by atoms with Crippen molar-refractivity contribution in [1.82, 2.24) is 19.4 Å². The Labute approximate surface area is 145 Å². The summed E-state index contributed by atoms with van der Waals surface area (Å²) in [6.45, 7) is 3.22. The highest BCUT2D eigenvalue weighted by Gasteiger charge is 2.21. The highest BCUT2D eigenvalue weighted by atomic mass is 19.1. The Balaban J connectivity index is 1.55. The second kappa shape index (κ2) is 6.64. The quantitative estimate of drug-likeness (QED) is 0.733. The van der Waals surface area contributed by atoms with Crippen LogP contribution in [0, 0.1) is 5.82 Å². The average Bonchev–Trinajstić information content (AvgIpc) is 3.05. The van der Waals surface area contributed by atoms with Gasteiger partial charge >= 0.3 is 0 Å². The van der Waals surface area contributed by atoms with E-state index in [0.717, 1.165) is 48.8 Å². The fraction of sp³-hybridized carbons (Fsp3) is 0.263. The maximum atomic E-state index is 13.5. The molecule has 2 aromatic heterocycles. The largest absolute Gasteiger partial charge is 0.481 e. The first-order valence-electron chi connectivity index (χ1n) is 8.25. The second-order valence-electron chi connectivity index (χ2n) is 6.10. The van der Waals surface area contributed by atoms with Gasteiger partial charge in [0.15, 0.2) is 0 Å². The minimum absolute atomic E-state index is 0.228. The number of hydrogen-bond donors (Lipinski definition) is 0. The summed E-state index contributed by atoms with van der Waals surface area (Å²) in [4.78, 5) is 11.1. The molecule has 3 heterocycles. The Morgan fingerprint density at radius 3 is 2.92 bits per heavy atom. The van der Waals surface area contributed by atoms with Crippen LogP contribution < -0.4 is 4.74 Å². The van der Waals surface area contributed by atoms with Gasteiger partial charge in [0.1, 0.15) is 11.6 Å². The van der Waals surface area contributed by atoms with Crippen LogP contribution in [0.3, 0.4) is 0 Å². The van der Waals surface area contributed by atoms with E-state index >= 15 is 0 Å². The molecule has 0 saturated heterocycles. The Bertz CT molecular complexity index is 893. The van der Waals surface area contributed by atoms with Crippen LogP contribution in [0.15, 0.2) is 48.8 Å². The van der Waals surface area contributed by atoms with E-state index < -0.39 is 0 Å². The van der Waals surface area contributed by atoms with Crippen LogP contribution in [-0.2, 0) is 19.6 Å².